The van der Waals surface area contributed by atoms with Crippen LogP contribution in [0.3, 0.4) is 0 Å². The van der Waals surface area contributed by atoms with E-state index in [4.69, 9.17) is 0 Å². The van der Waals surface area contributed by atoms with Crippen molar-refractivity contribution in [1.29, 1.82) is 0 Å². The molecule has 2 fully saturated rings. The van der Waals surface area contributed by atoms with Gasteiger partial charge in [0.2, 0.25) is 11.8 Å². The van der Waals surface area contributed by atoms with Crippen LogP contribution < -0.4 is 0 Å². The number of hydrogen-bond acceptors (Lipinski definition) is 3. The van der Waals surface area contributed by atoms with Crippen molar-refractivity contribution in [2.45, 2.75) is 18.1 Å². The van der Waals surface area contributed by atoms with Crippen LogP contribution in [-0.4, -0.2) is 54.0 Å². The van der Waals surface area contributed by atoms with Crippen molar-refractivity contribution in [2.75, 3.05) is 32.4 Å². The predicted octanol–water partition coefficient (Wildman–Crippen LogP) is 2.45. The lowest BCUT2D eigenvalue weighted by molar-refractivity contribution is -0.135. The number of thioether (sulfide) groups is 1. The second kappa shape index (κ2) is 7.09. The molecule has 2 atom stereocenters. The molecule has 2 aliphatic heterocycles. The number of carbonyl (C=O) groups excluding carboxylic acids is 2. The van der Waals surface area contributed by atoms with Gasteiger partial charge in [0.15, 0.2) is 0 Å². The summed E-state index contributed by atoms with van der Waals surface area (Å²) in [6.45, 7) is 1.54. The van der Waals surface area contributed by atoms with E-state index in [2.05, 4.69) is 0 Å². The fraction of sp³-hybridized carbons (Fsp3) is 0.529. The fourth-order valence-corrected chi connectivity index (χ4v) is 4.53. The zero-order chi connectivity index (χ0) is 17.3. The van der Waals surface area contributed by atoms with E-state index in [0.717, 1.165) is 12.1 Å². The van der Waals surface area contributed by atoms with E-state index < -0.39 is 11.6 Å². The van der Waals surface area contributed by atoms with Gasteiger partial charge in [-0.2, -0.15) is 11.8 Å². The van der Waals surface area contributed by atoms with Gasteiger partial charge in [0, 0.05) is 49.7 Å². The molecule has 2 aliphatic rings. The summed E-state index contributed by atoms with van der Waals surface area (Å²) in [5.74, 6) is -0.475. The zero-order valence-electron chi connectivity index (χ0n) is 13.5. The number of likely N-dealkylation sites (tertiary alicyclic amines) is 1. The monoisotopic (exact) mass is 354 g/mol. The molecule has 0 spiro atoms. The van der Waals surface area contributed by atoms with Crippen molar-refractivity contribution in [3.8, 4) is 0 Å². The van der Waals surface area contributed by atoms with E-state index in [1.807, 2.05) is 0 Å². The van der Waals surface area contributed by atoms with Crippen molar-refractivity contribution < 1.29 is 18.4 Å². The van der Waals surface area contributed by atoms with Gasteiger partial charge < -0.3 is 9.80 Å². The summed E-state index contributed by atoms with van der Waals surface area (Å²) in [5.41, 5.74) is 0.366. The van der Waals surface area contributed by atoms with Crippen LogP contribution in [0.1, 0.15) is 23.7 Å². The molecule has 1 aromatic carbocycles. The average Bonchev–Trinajstić information content (AvgIpc) is 2.77. The molecule has 24 heavy (non-hydrogen) atoms. The smallest absolute Gasteiger partial charge is 0.228 e. The lowest BCUT2D eigenvalue weighted by atomic mass is 10.1. The summed E-state index contributed by atoms with van der Waals surface area (Å²) in [6, 6.07) is 3.51. The standard InChI is InChI=1S/C17H20F2N2O2S/c1-20-10-11(8-16(20)22)17(23)21-5-4-15(24-7-6-21)13-9-12(18)2-3-14(13)19/h2-3,9,11,15H,4-8,10H2,1H3. The SMILES string of the molecule is CN1CC(C(=O)N2CCSC(c3cc(F)ccc3F)CC2)CC1=O. The molecule has 1 aromatic rings. The quantitative estimate of drug-likeness (QED) is 0.819. The van der Waals surface area contributed by atoms with E-state index in [0.29, 0.717) is 37.4 Å². The van der Waals surface area contributed by atoms with Gasteiger partial charge in [-0.1, -0.05) is 0 Å². The first-order valence-electron chi connectivity index (χ1n) is 8.05. The van der Waals surface area contributed by atoms with Crippen LogP contribution in [0.5, 0.6) is 0 Å². The Kier molecular flexibility index (Phi) is 5.08. The minimum atomic E-state index is -0.448. The molecule has 0 N–H and O–H groups in total. The Hall–Kier alpha value is -1.63. The molecule has 0 aromatic heterocycles. The lowest BCUT2D eigenvalue weighted by Gasteiger charge is -2.23. The molecule has 4 nitrogen and oxygen atoms in total. The normalized spacial score (nSPS) is 25.0. The average molecular weight is 354 g/mol. The molecular formula is C17H20F2N2O2S. The minimum Gasteiger partial charge on any atom is -0.345 e. The Morgan fingerprint density at radius 2 is 2.08 bits per heavy atom. The third kappa shape index (κ3) is 3.55. The Morgan fingerprint density at radius 3 is 2.79 bits per heavy atom. The number of amides is 2. The second-order valence-electron chi connectivity index (χ2n) is 6.31. The van der Waals surface area contributed by atoms with Crippen LogP contribution in [0, 0.1) is 17.6 Å². The second-order valence-corrected chi connectivity index (χ2v) is 7.63. The first-order valence-corrected chi connectivity index (χ1v) is 9.10. The van der Waals surface area contributed by atoms with E-state index >= 15 is 0 Å². The molecule has 0 radical (unpaired) electrons. The third-order valence-electron chi connectivity index (χ3n) is 4.65. The van der Waals surface area contributed by atoms with Crippen LogP contribution in [-0.2, 0) is 9.59 Å². The van der Waals surface area contributed by atoms with Crippen LogP contribution in [0.4, 0.5) is 8.78 Å². The summed E-state index contributed by atoms with van der Waals surface area (Å²) in [4.78, 5) is 27.6. The summed E-state index contributed by atoms with van der Waals surface area (Å²) in [6.07, 6.45) is 0.841. The number of benzene rings is 1. The third-order valence-corrected chi connectivity index (χ3v) is 5.96. The van der Waals surface area contributed by atoms with Crippen molar-refractivity contribution in [1.82, 2.24) is 9.80 Å². The van der Waals surface area contributed by atoms with Gasteiger partial charge >= 0.3 is 0 Å². The molecule has 2 amide bonds. The van der Waals surface area contributed by atoms with Crippen molar-refractivity contribution >= 4 is 23.6 Å². The van der Waals surface area contributed by atoms with Crippen LogP contribution in [0.25, 0.3) is 0 Å². The predicted molar refractivity (Wildman–Crippen MR) is 88.5 cm³/mol. The molecule has 2 saturated heterocycles. The van der Waals surface area contributed by atoms with E-state index in [-0.39, 0.29) is 29.4 Å². The maximum absolute atomic E-state index is 14.0. The summed E-state index contributed by atoms with van der Waals surface area (Å²) in [7, 11) is 1.71. The van der Waals surface area contributed by atoms with Crippen molar-refractivity contribution in [3.05, 3.63) is 35.4 Å². The largest absolute Gasteiger partial charge is 0.345 e. The van der Waals surface area contributed by atoms with Crippen LogP contribution in [0.2, 0.25) is 0 Å². The highest BCUT2D eigenvalue weighted by atomic mass is 32.2. The molecule has 3 rings (SSSR count). The summed E-state index contributed by atoms with van der Waals surface area (Å²) >= 11 is 1.55. The Bertz CT molecular complexity index is 655. The molecule has 2 unspecified atom stereocenters. The Morgan fingerprint density at radius 1 is 1.29 bits per heavy atom. The van der Waals surface area contributed by atoms with Gasteiger partial charge in [-0.15, -0.1) is 0 Å². The number of rotatable bonds is 2. The first-order chi connectivity index (χ1) is 11.5. The molecule has 2 heterocycles. The highest BCUT2D eigenvalue weighted by Gasteiger charge is 2.35. The maximum atomic E-state index is 14.0. The van der Waals surface area contributed by atoms with Crippen LogP contribution in [0.15, 0.2) is 18.2 Å². The highest BCUT2D eigenvalue weighted by Crippen LogP contribution is 2.36. The van der Waals surface area contributed by atoms with E-state index in [1.54, 1.807) is 28.6 Å². The lowest BCUT2D eigenvalue weighted by Crippen LogP contribution is -2.38. The van der Waals surface area contributed by atoms with Crippen molar-refractivity contribution in [2.24, 2.45) is 5.92 Å². The number of halogens is 2. The zero-order valence-corrected chi connectivity index (χ0v) is 14.3. The molecule has 130 valence electrons. The first kappa shape index (κ1) is 17.2. The topological polar surface area (TPSA) is 40.6 Å². The highest BCUT2D eigenvalue weighted by molar-refractivity contribution is 7.99. The molecular weight excluding hydrogens is 334 g/mol. The maximum Gasteiger partial charge on any atom is 0.228 e. The van der Waals surface area contributed by atoms with Gasteiger partial charge in [0.25, 0.3) is 0 Å². The minimum absolute atomic E-state index is 0.00254. The van der Waals surface area contributed by atoms with Gasteiger partial charge in [-0.3, -0.25) is 9.59 Å². The summed E-state index contributed by atoms with van der Waals surface area (Å²) < 4.78 is 27.4. The number of nitrogens with zero attached hydrogens (tertiary/aromatic N) is 2. The van der Waals surface area contributed by atoms with Crippen molar-refractivity contribution in [3.63, 3.8) is 0 Å². The van der Waals surface area contributed by atoms with E-state index in [9.17, 15) is 18.4 Å². The van der Waals surface area contributed by atoms with E-state index in [1.165, 1.54) is 6.07 Å². The molecule has 7 heteroatoms. The van der Waals surface area contributed by atoms with Gasteiger partial charge in [0.1, 0.15) is 11.6 Å². The van der Waals surface area contributed by atoms with Gasteiger partial charge in [-0.25, -0.2) is 8.78 Å². The van der Waals surface area contributed by atoms with Gasteiger partial charge in [-0.05, 0) is 24.6 Å². The van der Waals surface area contributed by atoms with Gasteiger partial charge in [0.05, 0.1) is 5.92 Å². The number of hydrogen-bond donors (Lipinski definition) is 0. The van der Waals surface area contributed by atoms with Crippen LogP contribution >= 0.6 is 11.8 Å². The molecule has 0 bridgehead atoms. The molecule has 0 aliphatic carbocycles. The Balaban J connectivity index is 1.66. The summed E-state index contributed by atoms with van der Waals surface area (Å²) in [5, 5.41) is -0.161. The number of carbonyl (C=O) groups is 2. The Labute approximate surface area is 144 Å². The fourth-order valence-electron chi connectivity index (χ4n) is 3.29. The molecule has 0 saturated carbocycles.